The number of hydrogen-bond acceptors (Lipinski definition) is 3. The fourth-order valence-electron chi connectivity index (χ4n) is 1.50. The van der Waals surface area contributed by atoms with Gasteiger partial charge in [-0.25, -0.2) is 4.68 Å². The first-order valence-corrected chi connectivity index (χ1v) is 5.54. The molecule has 0 aromatic carbocycles. The van der Waals surface area contributed by atoms with Crippen LogP contribution in [0.4, 0.5) is 0 Å². The van der Waals surface area contributed by atoms with Gasteiger partial charge in [0, 0.05) is 37.7 Å². The highest BCUT2D eigenvalue weighted by molar-refractivity contribution is 5.17. The van der Waals surface area contributed by atoms with Crippen molar-refractivity contribution in [1.82, 2.24) is 15.1 Å². The highest BCUT2D eigenvalue weighted by Gasteiger charge is 2.16. The molecule has 0 radical (unpaired) electrons. The third kappa shape index (κ3) is 4.16. The Kier molecular flexibility index (Phi) is 4.71. The summed E-state index contributed by atoms with van der Waals surface area (Å²) >= 11 is 0. The smallest absolute Gasteiger partial charge is 0.0538 e. The molecular formula is C12H21N3O. The Hall–Kier alpha value is -1.13. The average Bonchev–Trinajstić information content (AvgIpc) is 2.65. The Labute approximate surface area is 97.0 Å². The lowest BCUT2D eigenvalue weighted by Gasteiger charge is -2.23. The van der Waals surface area contributed by atoms with Crippen LogP contribution in [0.25, 0.3) is 6.20 Å². The normalized spacial score (nSPS) is 11.7. The molecule has 90 valence electrons. The first-order chi connectivity index (χ1) is 7.57. The molecule has 0 saturated heterocycles. The van der Waals surface area contributed by atoms with Crippen LogP contribution in [-0.2, 0) is 6.54 Å². The number of aliphatic hydroxyl groups excluding tert-OH is 1. The van der Waals surface area contributed by atoms with E-state index in [-0.39, 0.29) is 12.0 Å². The maximum absolute atomic E-state index is 8.90. The van der Waals surface area contributed by atoms with Crippen molar-refractivity contribution in [1.29, 1.82) is 0 Å². The molecular weight excluding hydrogens is 202 g/mol. The monoisotopic (exact) mass is 223 g/mol. The molecule has 0 aliphatic carbocycles. The zero-order valence-electron chi connectivity index (χ0n) is 10.1. The lowest BCUT2D eigenvalue weighted by molar-refractivity contribution is 0.207. The topological polar surface area (TPSA) is 50.1 Å². The van der Waals surface area contributed by atoms with Gasteiger partial charge in [0.25, 0.3) is 0 Å². The first-order valence-electron chi connectivity index (χ1n) is 5.54. The Morgan fingerprint density at radius 3 is 2.94 bits per heavy atom. The molecule has 0 bridgehead atoms. The van der Waals surface area contributed by atoms with Crippen molar-refractivity contribution >= 4 is 6.20 Å². The zero-order valence-corrected chi connectivity index (χ0v) is 10.1. The van der Waals surface area contributed by atoms with E-state index < -0.39 is 0 Å². The van der Waals surface area contributed by atoms with Crippen LogP contribution in [-0.4, -0.2) is 28.0 Å². The summed E-state index contributed by atoms with van der Waals surface area (Å²) in [4.78, 5) is 0. The molecule has 0 atom stereocenters. The third-order valence-electron chi connectivity index (χ3n) is 2.56. The maximum atomic E-state index is 8.90. The second-order valence-corrected chi connectivity index (χ2v) is 4.75. The van der Waals surface area contributed by atoms with E-state index >= 15 is 0 Å². The Morgan fingerprint density at radius 2 is 2.38 bits per heavy atom. The Bertz CT molecular complexity index is 331. The number of aliphatic hydroxyl groups is 1. The average molecular weight is 223 g/mol. The summed E-state index contributed by atoms with van der Waals surface area (Å²) in [6.45, 7) is 9.84. The SMILES string of the molecule is C=Cn1cc(CNCC(C)(C)CCO)cn1. The van der Waals surface area contributed by atoms with Crippen molar-refractivity contribution in [3.8, 4) is 0 Å². The summed E-state index contributed by atoms with van der Waals surface area (Å²) in [5.41, 5.74) is 1.27. The van der Waals surface area contributed by atoms with Crippen LogP contribution in [0.2, 0.25) is 0 Å². The van der Waals surface area contributed by atoms with Crippen molar-refractivity contribution in [3.05, 3.63) is 24.5 Å². The molecule has 16 heavy (non-hydrogen) atoms. The summed E-state index contributed by atoms with van der Waals surface area (Å²) < 4.78 is 1.69. The molecule has 0 unspecified atom stereocenters. The van der Waals surface area contributed by atoms with E-state index in [9.17, 15) is 0 Å². The molecule has 4 heteroatoms. The molecule has 4 nitrogen and oxygen atoms in total. The molecule has 0 aliphatic rings. The van der Waals surface area contributed by atoms with Crippen LogP contribution >= 0.6 is 0 Å². The van der Waals surface area contributed by atoms with Gasteiger partial charge >= 0.3 is 0 Å². The summed E-state index contributed by atoms with van der Waals surface area (Å²) in [6.07, 6.45) is 6.25. The number of nitrogens with one attached hydrogen (secondary N) is 1. The molecule has 1 heterocycles. The van der Waals surface area contributed by atoms with Gasteiger partial charge in [-0.15, -0.1) is 0 Å². The Balaban J connectivity index is 2.32. The molecule has 0 fully saturated rings. The molecule has 0 amide bonds. The van der Waals surface area contributed by atoms with E-state index in [0.717, 1.165) is 25.1 Å². The van der Waals surface area contributed by atoms with Gasteiger partial charge in [-0.1, -0.05) is 20.4 Å². The van der Waals surface area contributed by atoms with Gasteiger partial charge in [0.15, 0.2) is 0 Å². The molecule has 1 aromatic heterocycles. The second kappa shape index (κ2) is 5.82. The minimum Gasteiger partial charge on any atom is -0.396 e. The molecule has 1 aromatic rings. The van der Waals surface area contributed by atoms with Gasteiger partial charge in [-0.3, -0.25) is 0 Å². The lowest BCUT2D eigenvalue weighted by Crippen LogP contribution is -2.29. The van der Waals surface area contributed by atoms with E-state index in [0.29, 0.717) is 0 Å². The first kappa shape index (κ1) is 12.9. The van der Waals surface area contributed by atoms with E-state index in [1.807, 2.05) is 12.4 Å². The fourth-order valence-corrected chi connectivity index (χ4v) is 1.50. The van der Waals surface area contributed by atoms with Gasteiger partial charge in [0.1, 0.15) is 0 Å². The Morgan fingerprint density at radius 1 is 1.62 bits per heavy atom. The molecule has 0 saturated carbocycles. The standard InChI is InChI=1S/C12H21N3O/c1-4-15-9-11(8-14-15)7-13-10-12(2,3)5-6-16/h4,8-9,13,16H,1,5-7,10H2,2-3H3. The maximum Gasteiger partial charge on any atom is 0.0538 e. The van der Waals surface area contributed by atoms with Crippen LogP contribution in [0.5, 0.6) is 0 Å². The number of hydrogen-bond donors (Lipinski definition) is 2. The largest absolute Gasteiger partial charge is 0.396 e. The summed E-state index contributed by atoms with van der Waals surface area (Å²) in [7, 11) is 0. The molecule has 0 spiro atoms. The highest BCUT2D eigenvalue weighted by Crippen LogP contribution is 2.18. The molecule has 2 N–H and O–H groups in total. The van der Waals surface area contributed by atoms with Crippen LogP contribution in [0.1, 0.15) is 25.8 Å². The predicted octanol–water partition coefficient (Wildman–Crippen LogP) is 1.48. The third-order valence-corrected chi connectivity index (χ3v) is 2.56. The lowest BCUT2D eigenvalue weighted by atomic mass is 9.90. The van der Waals surface area contributed by atoms with Gasteiger partial charge in [0.05, 0.1) is 6.20 Å². The van der Waals surface area contributed by atoms with Gasteiger partial charge < -0.3 is 10.4 Å². The van der Waals surface area contributed by atoms with Gasteiger partial charge in [-0.2, -0.15) is 5.10 Å². The molecule has 0 aliphatic heterocycles. The zero-order chi connectivity index (χ0) is 12.0. The van der Waals surface area contributed by atoms with Gasteiger partial charge in [-0.05, 0) is 11.8 Å². The minimum absolute atomic E-state index is 0.128. The van der Waals surface area contributed by atoms with E-state index in [1.165, 1.54) is 0 Å². The number of nitrogens with zero attached hydrogens (tertiary/aromatic N) is 2. The highest BCUT2D eigenvalue weighted by atomic mass is 16.3. The quantitative estimate of drug-likeness (QED) is 0.736. The van der Waals surface area contributed by atoms with Crippen molar-refractivity contribution in [3.63, 3.8) is 0 Å². The van der Waals surface area contributed by atoms with Crippen LogP contribution in [0, 0.1) is 5.41 Å². The van der Waals surface area contributed by atoms with Crippen molar-refractivity contribution in [2.75, 3.05) is 13.2 Å². The van der Waals surface area contributed by atoms with Gasteiger partial charge in [0.2, 0.25) is 0 Å². The van der Waals surface area contributed by atoms with Crippen LogP contribution in [0.15, 0.2) is 19.0 Å². The predicted molar refractivity (Wildman–Crippen MR) is 65.8 cm³/mol. The minimum atomic E-state index is 0.128. The molecule has 1 rings (SSSR count). The summed E-state index contributed by atoms with van der Waals surface area (Å²) in [6, 6.07) is 0. The van der Waals surface area contributed by atoms with E-state index in [4.69, 9.17) is 5.11 Å². The van der Waals surface area contributed by atoms with E-state index in [1.54, 1.807) is 10.9 Å². The summed E-state index contributed by atoms with van der Waals surface area (Å²) in [5.74, 6) is 0. The second-order valence-electron chi connectivity index (χ2n) is 4.75. The van der Waals surface area contributed by atoms with Crippen molar-refractivity contribution in [2.24, 2.45) is 5.41 Å². The van der Waals surface area contributed by atoms with Crippen LogP contribution in [0.3, 0.4) is 0 Å². The van der Waals surface area contributed by atoms with Crippen molar-refractivity contribution < 1.29 is 5.11 Å². The van der Waals surface area contributed by atoms with E-state index in [2.05, 4.69) is 30.8 Å². The summed E-state index contributed by atoms with van der Waals surface area (Å²) in [5, 5.41) is 16.4. The van der Waals surface area contributed by atoms with Crippen LogP contribution < -0.4 is 5.32 Å². The van der Waals surface area contributed by atoms with Crippen molar-refractivity contribution in [2.45, 2.75) is 26.8 Å². The number of aromatic nitrogens is 2. The number of rotatable bonds is 7. The fraction of sp³-hybridized carbons (Fsp3) is 0.583.